The number of likely N-dealkylation sites (N-methyl/N-ethyl adjacent to an activating group) is 1. The third-order valence-corrected chi connectivity index (χ3v) is 4.02. The minimum absolute atomic E-state index is 0.0841. The number of nitrogens with one attached hydrogen (secondary N) is 1. The number of hydrogen-bond acceptors (Lipinski definition) is 3. The third kappa shape index (κ3) is 3.77. The van der Waals surface area contributed by atoms with Crippen LogP contribution in [0.15, 0.2) is 24.3 Å². The highest BCUT2D eigenvalue weighted by Gasteiger charge is 2.29. The summed E-state index contributed by atoms with van der Waals surface area (Å²) < 4.78 is 0. The van der Waals surface area contributed by atoms with Crippen molar-refractivity contribution in [2.24, 2.45) is 5.73 Å². The average molecular weight is 291 g/mol. The van der Waals surface area contributed by atoms with Crippen molar-refractivity contribution < 1.29 is 4.79 Å². The van der Waals surface area contributed by atoms with Crippen molar-refractivity contribution >= 4 is 23.1 Å². The zero-order valence-corrected chi connectivity index (χ0v) is 12.7. The van der Waals surface area contributed by atoms with Gasteiger partial charge in [0.2, 0.25) is 0 Å². The van der Waals surface area contributed by atoms with Gasteiger partial charge >= 0.3 is 0 Å². The van der Waals surface area contributed by atoms with Crippen molar-refractivity contribution in [3.63, 3.8) is 0 Å². The molecule has 3 N–H and O–H groups in total. The molecule has 1 saturated carbocycles. The zero-order valence-electron chi connectivity index (χ0n) is 11.9. The Kier molecular flexibility index (Phi) is 4.73. The van der Waals surface area contributed by atoms with E-state index in [0.717, 1.165) is 5.56 Å². The van der Waals surface area contributed by atoms with E-state index in [1.165, 1.54) is 12.8 Å². The molecule has 1 aromatic carbocycles. The van der Waals surface area contributed by atoms with Crippen LogP contribution in [0.3, 0.4) is 0 Å². The van der Waals surface area contributed by atoms with E-state index in [2.05, 4.69) is 24.2 Å². The van der Waals surface area contributed by atoms with E-state index >= 15 is 0 Å². The second-order valence-electron chi connectivity index (χ2n) is 5.40. The number of carbonyl (C=O) groups excluding carboxylic acids is 1. The summed E-state index contributed by atoms with van der Waals surface area (Å²) in [6.45, 7) is 2.77. The first kappa shape index (κ1) is 14.9. The highest BCUT2D eigenvalue weighted by Crippen LogP contribution is 2.26. The number of nitrogens with zero attached hydrogens (tertiary/aromatic N) is 1. The molecule has 1 fully saturated rings. The van der Waals surface area contributed by atoms with E-state index in [4.69, 9.17) is 18.0 Å². The highest BCUT2D eigenvalue weighted by atomic mass is 32.1. The fourth-order valence-electron chi connectivity index (χ4n) is 2.14. The lowest BCUT2D eigenvalue weighted by atomic mass is 10.1. The quantitative estimate of drug-likeness (QED) is 0.781. The number of rotatable bonds is 6. The molecule has 0 aromatic heterocycles. The molecule has 0 heterocycles. The van der Waals surface area contributed by atoms with E-state index in [1.54, 1.807) is 18.2 Å². The Morgan fingerprint density at radius 2 is 2.15 bits per heavy atom. The van der Waals surface area contributed by atoms with Crippen molar-refractivity contribution in [1.82, 2.24) is 10.2 Å². The van der Waals surface area contributed by atoms with Crippen molar-refractivity contribution in [3.8, 4) is 0 Å². The number of benzene rings is 1. The second kappa shape index (κ2) is 6.33. The van der Waals surface area contributed by atoms with Gasteiger partial charge in [0.1, 0.15) is 4.99 Å². The summed E-state index contributed by atoms with van der Waals surface area (Å²) in [7, 11) is 2.11. The Labute approximate surface area is 125 Å². The van der Waals surface area contributed by atoms with Gasteiger partial charge in [0.05, 0.1) is 0 Å². The molecule has 108 valence electrons. The van der Waals surface area contributed by atoms with Gasteiger partial charge in [0, 0.05) is 29.8 Å². The molecule has 0 radical (unpaired) electrons. The topological polar surface area (TPSA) is 58.4 Å². The number of nitrogens with two attached hydrogens (primary N) is 1. The minimum atomic E-state index is -0.0841. The van der Waals surface area contributed by atoms with Gasteiger partial charge in [-0.15, -0.1) is 0 Å². The van der Waals surface area contributed by atoms with Crippen LogP contribution in [0.2, 0.25) is 0 Å². The molecule has 4 nitrogen and oxygen atoms in total. The molecular weight excluding hydrogens is 270 g/mol. The van der Waals surface area contributed by atoms with Gasteiger partial charge in [0.25, 0.3) is 5.91 Å². The largest absolute Gasteiger partial charge is 0.389 e. The predicted octanol–water partition coefficient (Wildman–Crippen LogP) is 1.53. The summed E-state index contributed by atoms with van der Waals surface area (Å²) in [6.07, 6.45) is 2.54. The Morgan fingerprint density at radius 3 is 2.75 bits per heavy atom. The SMILES string of the molecule is CC(CNC(=O)c1cccc(C(N)=S)c1)N(C)C1CC1. The minimum Gasteiger partial charge on any atom is -0.389 e. The van der Waals surface area contributed by atoms with Crippen molar-refractivity contribution in [3.05, 3.63) is 35.4 Å². The maximum absolute atomic E-state index is 12.1. The molecule has 1 aliphatic rings. The fraction of sp³-hybridized carbons (Fsp3) is 0.467. The Balaban J connectivity index is 1.91. The molecule has 20 heavy (non-hydrogen) atoms. The van der Waals surface area contributed by atoms with Crippen molar-refractivity contribution in [1.29, 1.82) is 0 Å². The summed E-state index contributed by atoms with van der Waals surface area (Å²) >= 11 is 4.92. The number of thiocarbonyl (C=S) groups is 1. The summed E-state index contributed by atoms with van der Waals surface area (Å²) in [6, 6.07) is 8.13. The maximum Gasteiger partial charge on any atom is 0.251 e. The van der Waals surface area contributed by atoms with Gasteiger partial charge in [-0.3, -0.25) is 9.69 Å². The molecule has 0 aliphatic heterocycles. The lowest BCUT2D eigenvalue weighted by molar-refractivity contribution is 0.0939. The Morgan fingerprint density at radius 1 is 1.50 bits per heavy atom. The van der Waals surface area contributed by atoms with Gasteiger partial charge < -0.3 is 11.1 Å². The smallest absolute Gasteiger partial charge is 0.251 e. The molecule has 2 rings (SSSR count). The number of hydrogen-bond donors (Lipinski definition) is 2. The summed E-state index contributed by atoms with van der Waals surface area (Å²) in [5.41, 5.74) is 6.89. The Bertz CT molecular complexity index is 514. The van der Waals surface area contributed by atoms with E-state index < -0.39 is 0 Å². The van der Waals surface area contributed by atoms with Gasteiger partial charge in [-0.05, 0) is 38.9 Å². The maximum atomic E-state index is 12.1. The normalized spacial score (nSPS) is 15.9. The van der Waals surface area contributed by atoms with Crippen molar-refractivity contribution in [2.75, 3.05) is 13.6 Å². The van der Waals surface area contributed by atoms with E-state index in [9.17, 15) is 4.79 Å². The number of carbonyl (C=O) groups is 1. The van der Waals surface area contributed by atoms with Gasteiger partial charge in [0.15, 0.2) is 0 Å². The lowest BCUT2D eigenvalue weighted by Gasteiger charge is -2.24. The van der Waals surface area contributed by atoms with Crippen LogP contribution in [0.4, 0.5) is 0 Å². The summed E-state index contributed by atoms with van der Waals surface area (Å²) in [4.78, 5) is 14.8. The third-order valence-electron chi connectivity index (χ3n) is 3.79. The predicted molar refractivity (Wildman–Crippen MR) is 84.9 cm³/mol. The van der Waals surface area contributed by atoms with Gasteiger partial charge in [-0.25, -0.2) is 0 Å². The first-order valence-corrected chi connectivity index (χ1v) is 7.30. The highest BCUT2D eigenvalue weighted by molar-refractivity contribution is 7.80. The second-order valence-corrected chi connectivity index (χ2v) is 5.84. The van der Waals surface area contributed by atoms with E-state index in [1.807, 2.05) is 6.07 Å². The van der Waals surface area contributed by atoms with Gasteiger partial charge in [-0.2, -0.15) is 0 Å². The molecule has 0 saturated heterocycles. The molecule has 1 aromatic rings. The number of amides is 1. The molecule has 1 aliphatic carbocycles. The van der Waals surface area contributed by atoms with Crippen LogP contribution in [0.25, 0.3) is 0 Å². The first-order valence-electron chi connectivity index (χ1n) is 6.89. The molecule has 1 atom stereocenters. The van der Waals surface area contributed by atoms with Crippen LogP contribution in [-0.4, -0.2) is 41.5 Å². The first-order chi connectivity index (χ1) is 9.49. The van der Waals surface area contributed by atoms with Crippen LogP contribution >= 0.6 is 12.2 Å². The fourth-order valence-corrected chi connectivity index (χ4v) is 2.27. The van der Waals surface area contributed by atoms with Crippen LogP contribution in [0.1, 0.15) is 35.7 Å². The van der Waals surface area contributed by atoms with Crippen LogP contribution < -0.4 is 11.1 Å². The van der Waals surface area contributed by atoms with Gasteiger partial charge in [-0.1, -0.05) is 24.4 Å². The zero-order chi connectivity index (χ0) is 14.7. The van der Waals surface area contributed by atoms with Crippen LogP contribution in [0.5, 0.6) is 0 Å². The van der Waals surface area contributed by atoms with Crippen LogP contribution in [0, 0.1) is 0 Å². The summed E-state index contributed by atoms with van der Waals surface area (Å²) in [5.74, 6) is -0.0841. The molecule has 0 bridgehead atoms. The molecule has 1 unspecified atom stereocenters. The standard InChI is InChI=1S/C15H21N3OS/c1-10(18(2)13-6-7-13)9-17-15(19)12-5-3-4-11(8-12)14(16)20/h3-5,8,10,13H,6-7,9H2,1-2H3,(H2,16,20)(H,17,19). The molecule has 0 spiro atoms. The molecular formula is C15H21N3OS. The monoisotopic (exact) mass is 291 g/mol. The molecule has 1 amide bonds. The average Bonchev–Trinajstić information content (AvgIpc) is 3.28. The summed E-state index contributed by atoms with van der Waals surface area (Å²) in [5, 5.41) is 2.96. The Hall–Kier alpha value is -1.46. The lowest BCUT2D eigenvalue weighted by Crippen LogP contribution is -2.41. The van der Waals surface area contributed by atoms with Crippen LogP contribution in [-0.2, 0) is 0 Å². The van der Waals surface area contributed by atoms with E-state index in [0.29, 0.717) is 29.2 Å². The molecule has 5 heteroatoms. The van der Waals surface area contributed by atoms with E-state index in [-0.39, 0.29) is 5.91 Å². The van der Waals surface area contributed by atoms with Crippen molar-refractivity contribution in [2.45, 2.75) is 31.8 Å².